The van der Waals surface area contributed by atoms with Crippen LogP contribution in [-0.2, 0) is 16.6 Å². The molecule has 3 aromatic heterocycles. The number of amides is 1. The summed E-state index contributed by atoms with van der Waals surface area (Å²) in [6.07, 6.45) is 9.05. The second-order valence-corrected chi connectivity index (χ2v) is 7.88. The van der Waals surface area contributed by atoms with Crippen molar-refractivity contribution in [2.45, 2.75) is 18.9 Å². The lowest BCUT2D eigenvalue weighted by Gasteiger charge is -2.41. The van der Waals surface area contributed by atoms with Crippen molar-refractivity contribution in [1.29, 1.82) is 0 Å². The number of piperidine rings is 1. The first-order chi connectivity index (χ1) is 14.2. The van der Waals surface area contributed by atoms with Crippen LogP contribution in [0.3, 0.4) is 0 Å². The van der Waals surface area contributed by atoms with E-state index in [1.807, 2.05) is 31.7 Å². The van der Waals surface area contributed by atoms with Gasteiger partial charge in [0, 0.05) is 41.9 Å². The molecule has 5 rings (SSSR count). The fourth-order valence-electron chi connectivity index (χ4n) is 4.02. The maximum absolute atomic E-state index is 12.7. The summed E-state index contributed by atoms with van der Waals surface area (Å²) in [5.74, 6) is 0.657. The van der Waals surface area contributed by atoms with E-state index < -0.39 is 0 Å². The highest BCUT2D eigenvalue weighted by atomic mass is 16.5. The highest BCUT2D eigenvalue weighted by Crippen LogP contribution is 2.25. The molecular weight excluding hydrogens is 368 g/mol. The van der Waals surface area contributed by atoms with Gasteiger partial charge in [-0.1, -0.05) is 0 Å². The summed E-state index contributed by atoms with van der Waals surface area (Å²) >= 11 is 0. The fourth-order valence-corrected chi connectivity index (χ4v) is 4.02. The molecule has 29 heavy (non-hydrogen) atoms. The van der Waals surface area contributed by atoms with E-state index in [0.29, 0.717) is 11.9 Å². The molecular formula is C21H24N6O2. The summed E-state index contributed by atoms with van der Waals surface area (Å²) in [5.41, 5.74) is 2.79. The Morgan fingerprint density at radius 2 is 1.93 bits per heavy atom. The molecule has 0 aromatic carbocycles. The van der Waals surface area contributed by atoms with Gasteiger partial charge in [-0.05, 0) is 38.1 Å². The molecule has 8 nitrogen and oxygen atoms in total. The molecule has 0 unspecified atom stereocenters. The first kappa shape index (κ1) is 18.2. The van der Waals surface area contributed by atoms with Crippen LogP contribution in [0.4, 0.5) is 5.82 Å². The van der Waals surface area contributed by atoms with E-state index in [2.05, 4.69) is 31.3 Å². The summed E-state index contributed by atoms with van der Waals surface area (Å²) in [4.78, 5) is 24.0. The van der Waals surface area contributed by atoms with Crippen molar-refractivity contribution in [3.05, 3.63) is 36.9 Å². The summed E-state index contributed by atoms with van der Waals surface area (Å²) in [7, 11) is 1.89. The number of nitrogens with zero attached hydrogens (tertiary/aromatic N) is 5. The molecule has 3 aromatic rings. The number of aromatic nitrogens is 4. The molecule has 2 aliphatic heterocycles. The average Bonchev–Trinajstić information content (AvgIpc) is 3.13. The second kappa shape index (κ2) is 7.53. The molecule has 2 fully saturated rings. The van der Waals surface area contributed by atoms with Crippen LogP contribution in [0.5, 0.6) is 0 Å². The van der Waals surface area contributed by atoms with Crippen LogP contribution >= 0.6 is 0 Å². The normalized spacial score (nSPS) is 18.7. The average molecular weight is 392 g/mol. The zero-order valence-corrected chi connectivity index (χ0v) is 16.4. The van der Waals surface area contributed by atoms with Gasteiger partial charge in [0.1, 0.15) is 5.82 Å². The molecule has 8 heteroatoms. The van der Waals surface area contributed by atoms with Crippen LogP contribution < -0.4 is 5.32 Å². The Hall–Kier alpha value is -2.84. The number of nitrogens with one attached hydrogen (secondary N) is 1. The highest BCUT2D eigenvalue weighted by Gasteiger charge is 2.32. The predicted octanol–water partition coefficient (Wildman–Crippen LogP) is 2.08. The SMILES string of the molecule is Cn1cc(-c2cnc3cnc(NC(=O)C4CCN(C5COC5)CC4)cc3c2)cn1. The van der Waals surface area contributed by atoms with Crippen LogP contribution in [0, 0.1) is 5.92 Å². The molecule has 1 amide bonds. The third kappa shape index (κ3) is 3.73. The quantitative estimate of drug-likeness (QED) is 0.732. The Kier molecular flexibility index (Phi) is 4.73. The molecule has 0 saturated carbocycles. The van der Waals surface area contributed by atoms with E-state index in [1.165, 1.54) is 0 Å². The first-order valence-corrected chi connectivity index (χ1v) is 10.0. The van der Waals surface area contributed by atoms with E-state index >= 15 is 0 Å². The Morgan fingerprint density at radius 1 is 1.10 bits per heavy atom. The molecule has 2 aliphatic rings. The summed E-state index contributed by atoms with van der Waals surface area (Å²) in [6, 6.07) is 4.49. The minimum atomic E-state index is 0.0320. The van der Waals surface area contributed by atoms with Gasteiger partial charge in [0.15, 0.2) is 0 Å². The fraction of sp³-hybridized carbons (Fsp3) is 0.429. The smallest absolute Gasteiger partial charge is 0.228 e. The van der Waals surface area contributed by atoms with Gasteiger partial charge in [0.2, 0.25) is 5.91 Å². The maximum atomic E-state index is 12.7. The summed E-state index contributed by atoms with van der Waals surface area (Å²) in [5, 5.41) is 8.16. The van der Waals surface area contributed by atoms with E-state index in [9.17, 15) is 4.79 Å². The lowest BCUT2D eigenvalue weighted by Crippen LogP contribution is -2.52. The van der Waals surface area contributed by atoms with Crippen molar-refractivity contribution in [2.75, 3.05) is 31.6 Å². The van der Waals surface area contributed by atoms with Gasteiger partial charge in [-0.3, -0.25) is 19.4 Å². The number of carbonyl (C=O) groups is 1. The van der Waals surface area contributed by atoms with Crippen LogP contribution in [0.25, 0.3) is 22.0 Å². The van der Waals surface area contributed by atoms with Crippen LogP contribution in [0.2, 0.25) is 0 Å². The number of likely N-dealkylation sites (tertiary alicyclic amines) is 1. The Labute approximate surface area is 168 Å². The van der Waals surface area contributed by atoms with E-state index in [-0.39, 0.29) is 11.8 Å². The second-order valence-electron chi connectivity index (χ2n) is 7.88. The maximum Gasteiger partial charge on any atom is 0.228 e. The lowest BCUT2D eigenvalue weighted by atomic mass is 9.94. The minimum absolute atomic E-state index is 0.0320. The number of hydrogen-bond donors (Lipinski definition) is 1. The zero-order chi connectivity index (χ0) is 19.8. The number of ether oxygens (including phenoxy) is 1. The summed E-state index contributed by atoms with van der Waals surface area (Å²) < 4.78 is 7.04. The molecule has 0 atom stereocenters. The van der Waals surface area contributed by atoms with Gasteiger partial charge in [0.05, 0.1) is 37.2 Å². The van der Waals surface area contributed by atoms with Gasteiger partial charge >= 0.3 is 0 Å². The van der Waals surface area contributed by atoms with Crippen LogP contribution in [0.1, 0.15) is 12.8 Å². The number of aryl methyl sites for hydroxylation is 1. The Balaban J connectivity index is 1.28. The molecule has 1 N–H and O–H groups in total. The molecule has 0 aliphatic carbocycles. The number of fused-ring (bicyclic) bond motifs is 1. The molecule has 0 radical (unpaired) electrons. The number of hydrogen-bond acceptors (Lipinski definition) is 6. The molecule has 5 heterocycles. The monoisotopic (exact) mass is 392 g/mol. The predicted molar refractivity (Wildman–Crippen MR) is 109 cm³/mol. The van der Waals surface area contributed by atoms with Crippen LogP contribution in [-0.4, -0.2) is 62.9 Å². The highest BCUT2D eigenvalue weighted by molar-refractivity contribution is 5.94. The van der Waals surface area contributed by atoms with Crippen molar-refractivity contribution in [3.8, 4) is 11.1 Å². The number of carbonyl (C=O) groups excluding carboxylic acids is 1. The van der Waals surface area contributed by atoms with E-state index in [4.69, 9.17) is 4.74 Å². The standard InChI is InChI=1S/C21H24N6O2/c1-26-11-17(9-24-26)16-6-15-7-20(23-10-19(15)22-8-16)25-21(28)14-2-4-27(5-3-14)18-12-29-13-18/h6-11,14,18H,2-5,12-13H2,1H3,(H,23,25,28). The van der Waals surface area contributed by atoms with Crippen molar-refractivity contribution in [2.24, 2.45) is 13.0 Å². The van der Waals surface area contributed by atoms with Crippen LogP contribution in [0.15, 0.2) is 36.9 Å². The molecule has 2 saturated heterocycles. The topological polar surface area (TPSA) is 85.2 Å². The number of rotatable bonds is 4. The third-order valence-corrected chi connectivity index (χ3v) is 5.89. The van der Waals surface area contributed by atoms with Crippen molar-refractivity contribution < 1.29 is 9.53 Å². The number of pyridine rings is 2. The molecule has 150 valence electrons. The van der Waals surface area contributed by atoms with Gasteiger partial charge in [-0.2, -0.15) is 5.10 Å². The lowest BCUT2D eigenvalue weighted by molar-refractivity contribution is -0.123. The Bertz CT molecular complexity index is 1040. The summed E-state index contributed by atoms with van der Waals surface area (Å²) in [6.45, 7) is 3.56. The first-order valence-electron chi connectivity index (χ1n) is 10.0. The zero-order valence-electron chi connectivity index (χ0n) is 16.4. The Morgan fingerprint density at radius 3 is 2.62 bits per heavy atom. The third-order valence-electron chi connectivity index (χ3n) is 5.89. The van der Waals surface area contributed by atoms with E-state index in [0.717, 1.165) is 61.2 Å². The minimum Gasteiger partial charge on any atom is -0.378 e. The molecule has 0 bridgehead atoms. The molecule has 0 spiro atoms. The largest absolute Gasteiger partial charge is 0.378 e. The van der Waals surface area contributed by atoms with Gasteiger partial charge in [-0.25, -0.2) is 4.98 Å². The van der Waals surface area contributed by atoms with Crippen molar-refractivity contribution in [3.63, 3.8) is 0 Å². The van der Waals surface area contributed by atoms with Gasteiger partial charge in [-0.15, -0.1) is 0 Å². The van der Waals surface area contributed by atoms with E-state index in [1.54, 1.807) is 10.9 Å². The van der Waals surface area contributed by atoms with Crippen molar-refractivity contribution in [1.82, 2.24) is 24.6 Å². The number of anilines is 1. The van der Waals surface area contributed by atoms with Gasteiger partial charge in [0.25, 0.3) is 0 Å². The van der Waals surface area contributed by atoms with Gasteiger partial charge < -0.3 is 10.1 Å². The van der Waals surface area contributed by atoms with Crippen molar-refractivity contribution >= 4 is 22.6 Å².